The molecule has 0 aromatic heterocycles. The Morgan fingerprint density at radius 2 is 1.60 bits per heavy atom. The highest BCUT2D eigenvalue weighted by Crippen LogP contribution is 2.47. The summed E-state index contributed by atoms with van der Waals surface area (Å²) in [6, 6.07) is 7.31. The van der Waals surface area contributed by atoms with Crippen LogP contribution in [0, 0.1) is 0 Å². The average Bonchev–Trinajstić information content (AvgIpc) is 2.66. The van der Waals surface area contributed by atoms with Crippen LogP contribution in [0.15, 0.2) is 24.3 Å². The predicted molar refractivity (Wildman–Crippen MR) is 92.7 cm³/mol. The maximum atomic E-state index is 9.90. The van der Waals surface area contributed by atoms with Crippen molar-refractivity contribution in [1.82, 2.24) is 0 Å². The molecule has 2 aromatic carbocycles. The second kappa shape index (κ2) is 7.01. The molecule has 6 heteroatoms. The molecular formula is C19H22O6. The molecule has 0 radical (unpaired) electrons. The summed E-state index contributed by atoms with van der Waals surface area (Å²) in [6.07, 6.45) is 0.734. The molecule has 0 fully saturated rings. The van der Waals surface area contributed by atoms with Gasteiger partial charge in [0.1, 0.15) is 0 Å². The molecule has 0 bridgehead atoms. The molecule has 0 spiro atoms. The molecule has 0 amide bonds. The van der Waals surface area contributed by atoms with Gasteiger partial charge >= 0.3 is 0 Å². The Balaban J connectivity index is 2.00. The van der Waals surface area contributed by atoms with E-state index in [0.717, 1.165) is 17.5 Å². The Bertz CT molecular complexity index is 771. The van der Waals surface area contributed by atoms with Gasteiger partial charge in [-0.15, -0.1) is 0 Å². The fraction of sp³-hybridized carbons (Fsp3) is 0.368. The highest BCUT2D eigenvalue weighted by molar-refractivity contribution is 5.59. The quantitative estimate of drug-likeness (QED) is 0.897. The van der Waals surface area contributed by atoms with Gasteiger partial charge in [0.25, 0.3) is 0 Å². The van der Waals surface area contributed by atoms with Crippen LogP contribution in [0.3, 0.4) is 0 Å². The lowest BCUT2D eigenvalue weighted by Gasteiger charge is -2.28. The standard InChI is InChI=1S/C19H22O6/c1-21-15-8-6-13(17(22-2)19(15)24-4)12-9-11-5-7-14(20)18(23-3)16(11)25-10-12/h5-8,12,20H,9-10H2,1-4H3. The van der Waals surface area contributed by atoms with Crippen LogP contribution in [0.4, 0.5) is 0 Å². The highest BCUT2D eigenvalue weighted by atomic mass is 16.5. The van der Waals surface area contributed by atoms with Gasteiger partial charge in [0, 0.05) is 11.5 Å². The summed E-state index contributed by atoms with van der Waals surface area (Å²) in [6.45, 7) is 0.443. The van der Waals surface area contributed by atoms with E-state index in [4.69, 9.17) is 23.7 Å². The van der Waals surface area contributed by atoms with Gasteiger partial charge in [-0.25, -0.2) is 0 Å². The molecule has 1 heterocycles. The number of phenolic OH excluding ortho intramolecular Hbond substituents is 1. The van der Waals surface area contributed by atoms with Gasteiger partial charge in [0.05, 0.1) is 35.0 Å². The molecule has 0 saturated carbocycles. The van der Waals surface area contributed by atoms with Crippen LogP contribution in [0.1, 0.15) is 17.0 Å². The Morgan fingerprint density at radius 3 is 2.24 bits per heavy atom. The number of hydrogen-bond acceptors (Lipinski definition) is 6. The number of phenols is 1. The first-order chi connectivity index (χ1) is 12.1. The molecular weight excluding hydrogens is 324 g/mol. The van der Waals surface area contributed by atoms with E-state index in [-0.39, 0.29) is 11.7 Å². The van der Waals surface area contributed by atoms with Crippen molar-refractivity contribution in [3.05, 3.63) is 35.4 Å². The summed E-state index contributed by atoms with van der Waals surface area (Å²) in [7, 11) is 6.31. The third-order valence-electron chi connectivity index (χ3n) is 4.45. The molecule has 134 valence electrons. The van der Waals surface area contributed by atoms with Crippen LogP contribution in [-0.4, -0.2) is 40.2 Å². The maximum Gasteiger partial charge on any atom is 0.203 e. The fourth-order valence-electron chi connectivity index (χ4n) is 3.26. The van der Waals surface area contributed by atoms with Crippen molar-refractivity contribution in [2.24, 2.45) is 0 Å². The van der Waals surface area contributed by atoms with Crippen molar-refractivity contribution in [2.75, 3.05) is 35.0 Å². The van der Waals surface area contributed by atoms with Crippen LogP contribution in [-0.2, 0) is 6.42 Å². The topological polar surface area (TPSA) is 66.4 Å². The predicted octanol–water partition coefficient (Wildman–Crippen LogP) is 3.15. The zero-order valence-electron chi connectivity index (χ0n) is 14.8. The lowest BCUT2D eigenvalue weighted by Crippen LogP contribution is -2.20. The molecule has 1 atom stereocenters. The molecule has 1 unspecified atom stereocenters. The second-order valence-electron chi connectivity index (χ2n) is 5.74. The van der Waals surface area contributed by atoms with Crippen molar-refractivity contribution in [3.63, 3.8) is 0 Å². The van der Waals surface area contributed by atoms with E-state index in [1.54, 1.807) is 27.4 Å². The minimum atomic E-state index is 0.0726. The van der Waals surface area contributed by atoms with Gasteiger partial charge < -0.3 is 28.8 Å². The third kappa shape index (κ3) is 2.88. The van der Waals surface area contributed by atoms with Gasteiger partial charge in [-0.2, -0.15) is 0 Å². The van der Waals surface area contributed by atoms with Gasteiger partial charge in [-0.1, -0.05) is 12.1 Å². The number of benzene rings is 2. The highest BCUT2D eigenvalue weighted by Gasteiger charge is 2.29. The minimum absolute atomic E-state index is 0.0726. The van der Waals surface area contributed by atoms with Gasteiger partial charge in [-0.05, 0) is 24.1 Å². The van der Waals surface area contributed by atoms with Crippen LogP contribution < -0.4 is 23.7 Å². The molecule has 2 aromatic rings. The lowest BCUT2D eigenvalue weighted by molar-refractivity contribution is 0.239. The summed E-state index contributed by atoms with van der Waals surface area (Å²) in [5, 5.41) is 9.90. The Morgan fingerprint density at radius 1 is 0.880 bits per heavy atom. The van der Waals surface area contributed by atoms with E-state index >= 15 is 0 Å². The first kappa shape index (κ1) is 17.1. The summed E-state index contributed by atoms with van der Waals surface area (Å²) >= 11 is 0. The van der Waals surface area contributed by atoms with Crippen molar-refractivity contribution in [2.45, 2.75) is 12.3 Å². The summed E-state index contributed by atoms with van der Waals surface area (Å²) in [4.78, 5) is 0. The van der Waals surface area contributed by atoms with E-state index in [1.165, 1.54) is 7.11 Å². The van der Waals surface area contributed by atoms with Gasteiger partial charge in [-0.3, -0.25) is 0 Å². The van der Waals surface area contributed by atoms with Crippen LogP contribution >= 0.6 is 0 Å². The summed E-state index contributed by atoms with van der Waals surface area (Å²) < 4.78 is 27.6. The molecule has 3 rings (SSSR count). The van der Waals surface area contributed by atoms with E-state index in [9.17, 15) is 5.11 Å². The third-order valence-corrected chi connectivity index (χ3v) is 4.45. The molecule has 1 aliphatic rings. The molecule has 6 nitrogen and oxygen atoms in total. The normalized spacial score (nSPS) is 15.8. The SMILES string of the molecule is COc1ccc(C2COc3c(ccc(O)c3OC)C2)c(OC)c1OC. The molecule has 1 aliphatic heterocycles. The number of ether oxygens (including phenoxy) is 5. The van der Waals surface area contributed by atoms with Crippen molar-refractivity contribution in [1.29, 1.82) is 0 Å². The lowest BCUT2D eigenvalue weighted by atomic mass is 9.89. The number of rotatable bonds is 5. The Labute approximate surface area is 146 Å². The number of aromatic hydroxyl groups is 1. The van der Waals surface area contributed by atoms with E-state index in [0.29, 0.717) is 35.4 Å². The maximum absolute atomic E-state index is 9.90. The zero-order chi connectivity index (χ0) is 18.0. The summed E-state index contributed by atoms with van der Waals surface area (Å²) in [5.41, 5.74) is 1.96. The van der Waals surface area contributed by atoms with Gasteiger partial charge in [0.2, 0.25) is 11.5 Å². The van der Waals surface area contributed by atoms with E-state index in [1.807, 2.05) is 18.2 Å². The second-order valence-corrected chi connectivity index (χ2v) is 5.74. The minimum Gasteiger partial charge on any atom is -0.504 e. The number of hydrogen-bond donors (Lipinski definition) is 1. The smallest absolute Gasteiger partial charge is 0.203 e. The van der Waals surface area contributed by atoms with Crippen LogP contribution in [0.25, 0.3) is 0 Å². The first-order valence-corrected chi connectivity index (χ1v) is 7.95. The number of fused-ring (bicyclic) bond motifs is 1. The van der Waals surface area contributed by atoms with E-state index < -0.39 is 0 Å². The van der Waals surface area contributed by atoms with Crippen LogP contribution in [0.2, 0.25) is 0 Å². The fourth-order valence-corrected chi connectivity index (χ4v) is 3.26. The van der Waals surface area contributed by atoms with Crippen molar-refractivity contribution in [3.8, 4) is 34.5 Å². The first-order valence-electron chi connectivity index (χ1n) is 7.95. The molecule has 0 aliphatic carbocycles. The monoisotopic (exact) mass is 346 g/mol. The molecule has 0 saturated heterocycles. The molecule has 1 N–H and O–H groups in total. The van der Waals surface area contributed by atoms with Crippen molar-refractivity contribution >= 4 is 0 Å². The zero-order valence-corrected chi connectivity index (χ0v) is 14.8. The van der Waals surface area contributed by atoms with Gasteiger partial charge in [0.15, 0.2) is 23.0 Å². The van der Waals surface area contributed by atoms with Crippen LogP contribution in [0.5, 0.6) is 34.5 Å². The Kier molecular flexibility index (Phi) is 4.79. The van der Waals surface area contributed by atoms with E-state index in [2.05, 4.69) is 0 Å². The average molecular weight is 346 g/mol. The van der Waals surface area contributed by atoms with Crippen molar-refractivity contribution < 1.29 is 28.8 Å². The Hall–Kier alpha value is -2.76. The number of methoxy groups -OCH3 is 4. The summed E-state index contributed by atoms with van der Waals surface area (Å²) in [5.74, 6) is 2.95. The molecule has 25 heavy (non-hydrogen) atoms. The largest absolute Gasteiger partial charge is 0.504 e.